The highest BCUT2D eigenvalue weighted by atomic mass is 32.3. The van der Waals surface area contributed by atoms with Crippen LogP contribution >= 0.6 is 23.5 Å². The van der Waals surface area contributed by atoms with Gasteiger partial charge in [0, 0.05) is 11.3 Å². The van der Waals surface area contributed by atoms with Crippen LogP contribution in [0, 0.1) is 0 Å². The molecule has 0 heterocycles. The summed E-state index contributed by atoms with van der Waals surface area (Å²) in [5.41, 5.74) is 0. The summed E-state index contributed by atoms with van der Waals surface area (Å²) in [6, 6.07) is 0. The fourth-order valence-corrected chi connectivity index (χ4v) is 3.03. The maximum atomic E-state index is 10.5. The summed E-state index contributed by atoms with van der Waals surface area (Å²) in [4.78, 5) is 0. The van der Waals surface area contributed by atoms with Gasteiger partial charge in [-0.1, -0.05) is 0 Å². The molecule has 0 rings (SSSR count). The Labute approximate surface area is 64.7 Å². The minimum absolute atomic E-state index is 0.244. The van der Waals surface area contributed by atoms with E-state index in [1.807, 2.05) is 6.26 Å². The maximum absolute atomic E-state index is 10.5. The molecule has 0 aromatic heterocycles. The van der Waals surface area contributed by atoms with Crippen LogP contribution in [0.25, 0.3) is 0 Å². The fourth-order valence-electron chi connectivity index (χ4n) is 0.269. The van der Waals surface area contributed by atoms with E-state index in [9.17, 15) is 8.42 Å². The van der Waals surface area contributed by atoms with Gasteiger partial charge in [-0.3, -0.25) is 0 Å². The van der Waals surface area contributed by atoms with E-state index in [4.69, 9.17) is 0 Å². The van der Waals surface area contributed by atoms with Gasteiger partial charge in [0.25, 0.3) is 0 Å². The molecule has 0 aliphatic carbocycles. The molecule has 0 N–H and O–H groups in total. The van der Waals surface area contributed by atoms with Crippen LogP contribution in [0.1, 0.15) is 0 Å². The summed E-state index contributed by atoms with van der Waals surface area (Å²) < 4.78 is 21.0. The molecule has 9 heavy (non-hydrogen) atoms. The van der Waals surface area contributed by atoms with Crippen LogP contribution in [0.3, 0.4) is 0 Å². The molecule has 2 nitrogen and oxygen atoms in total. The van der Waals surface area contributed by atoms with Gasteiger partial charge in [-0.05, 0) is 6.26 Å². The first-order chi connectivity index (χ1) is 4.06. The normalized spacial score (nSPS) is 11.8. The first-order valence-corrected chi connectivity index (χ1v) is 6.91. The molecule has 0 spiro atoms. The van der Waals surface area contributed by atoms with Crippen LogP contribution in [-0.4, -0.2) is 31.1 Å². The van der Waals surface area contributed by atoms with E-state index in [1.54, 1.807) is 11.8 Å². The second kappa shape index (κ2) is 4.46. The summed E-state index contributed by atoms with van der Waals surface area (Å²) in [6.07, 6.45) is 3.20. The molecule has 0 amide bonds. The lowest BCUT2D eigenvalue weighted by Gasteiger charge is -1.94. The number of rotatable bonds is 4. The predicted molar refractivity (Wildman–Crippen MR) is 45.7 cm³/mol. The average Bonchev–Trinajstić information content (AvgIpc) is 1.63. The van der Waals surface area contributed by atoms with Crippen LogP contribution in [0.4, 0.5) is 0 Å². The van der Waals surface area contributed by atoms with Gasteiger partial charge in [-0.15, -0.1) is 11.8 Å². The Kier molecular flexibility index (Phi) is 4.79. The Bertz CT molecular complexity index is 149. The van der Waals surface area contributed by atoms with Gasteiger partial charge < -0.3 is 0 Å². The molecule has 5 heteroatoms. The summed E-state index contributed by atoms with van der Waals surface area (Å²) in [7, 11) is -2.75. The Balaban J connectivity index is 3.30. The van der Waals surface area contributed by atoms with Crippen molar-refractivity contribution in [1.82, 2.24) is 0 Å². The van der Waals surface area contributed by atoms with E-state index >= 15 is 0 Å². The minimum atomic E-state index is -2.75. The van der Waals surface area contributed by atoms with Crippen LogP contribution < -0.4 is 0 Å². The van der Waals surface area contributed by atoms with E-state index in [0.717, 1.165) is 5.08 Å². The molecular weight excluding hydrogens is 176 g/mol. The zero-order chi connectivity index (χ0) is 7.33. The van der Waals surface area contributed by atoms with Crippen molar-refractivity contribution < 1.29 is 8.42 Å². The maximum Gasteiger partial charge on any atom is 0.156 e. The van der Waals surface area contributed by atoms with E-state index < -0.39 is 9.84 Å². The highest BCUT2D eigenvalue weighted by Crippen LogP contribution is 2.09. The zero-order valence-electron chi connectivity index (χ0n) is 5.46. The second-order valence-electron chi connectivity index (χ2n) is 1.65. The van der Waals surface area contributed by atoms with Crippen LogP contribution in [0.15, 0.2) is 0 Å². The van der Waals surface area contributed by atoms with E-state index in [1.165, 1.54) is 18.0 Å². The third-order valence-corrected chi connectivity index (χ3v) is 4.49. The molecule has 0 aliphatic rings. The van der Waals surface area contributed by atoms with Crippen LogP contribution in [0.2, 0.25) is 0 Å². The lowest BCUT2D eigenvalue weighted by atomic mass is 11.8. The number of hydrogen-bond acceptors (Lipinski definition) is 4. The van der Waals surface area contributed by atoms with Crippen molar-refractivity contribution in [3.8, 4) is 0 Å². The van der Waals surface area contributed by atoms with Gasteiger partial charge in [-0.25, -0.2) is 8.42 Å². The SMILES string of the molecule is CSCSCS(C)(=O)=O. The monoisotopic (exact) mass is 186 g/mol. The predicted octanol–water partition coefficient (Wildman–Crippen LogP) is 1.04. The second-order valence-corrected chi connectivity index (χ2v) is 6.38. The Morgan fingerprint density at radius 3 is 2.33 bits per heavy atom. The lowest BCUT2D eigenvalue weighted by Crippen LogP contribution is -1.98. The first-order valence-electron chi connectivity index (χ1n) is 2.30. The van der Waals surface area contributed by atoms with Gasteiger partial charge in [0.2, 0.25) is 0 Å². The third kappa shape index (κ3) is 8.65. The molecule has 0 radical (unpaired) electrons. The molecule has 0 fully saturated rings. The Hall–Kier alpha value is 0.650. The lowest BCUT2D eigenvalue weighted by molar-refractivity contribution is 0.606. The third-order valence-electron chi connectivity index (χ3n) is 0.499. The minimum Gasteiger partial charge on any atom is -0.228 e. The number of sulfone groups is 1. The van der Waals surface area contributed by atoms with Gasteiger partial charge in [0.05, 0.1) is 5.08 Å². The standard InChI is InChI=1S/C4H10O2S3/c1-7-3-8-4-9(2,5)6/h3-4H2,1-2H3. The van der Waals surface area contributed by atoms with Crippen LogP contribution in [0.5, 0.6) is 0 Å². The summed E-state index contributed by atoms with van der Waals surface area (Å²) in [5, 5.41) is 1.10. The van der Waals surface area contributed by atoms with Crippen LogP contribution in [-0.2, 0) is 9.84 Å². The zero-order valence-corrected chi connectivity index (χ0v) is 7.90. The van der Waals surface area contributed by atoms with Gasteiger partial charge in [0.1, 0.15) is 0 Å². The van der Waals surface area contributed by atoms with E-state index in [0.29, 0.717) is 0 Å². The highest BCUT2D eigenvalue weighted by molar-refractivity contribution is 8.20. The molecular formula is C4H10O2S3. The van der Waals surface area contributed by atoms with Crippen molar-refractivity contribution in [2.45, 2.75) is 0 Å². The smallest absolute Gasteiger partial charge is 0.156 e. The molecule has 0 aromatic carbocycles. The van der Waals surface area contributed by atoms with Crippen molar-refractivity contribution in [2.24, 2.45) is 0 Å². The van der Waals surface area contributed by atoms with E-state index in [2.05, 4.69) is 0 Å². The topological polar surface area (TPSA) is 34.1 Å². The molecule has 56 valence electrons. The van der Waals surface area contributed by atoms with Crippen molar-refractivity contribution in [1.29, 1.82) is 0 Å². The van der Waals surface area contributed by atoms with E-state index in [-0.39, 0.29) is 5.08 Å². The molecule has 0 atom stereocenters. The number of hydrogen-bond donors (Lipinski definition) is 0. The fraction of sp³-hybridized carbons (Fsp3) is 1.00. The Morgan fingerprint density at radius 1 is 1.44 bits per heavy atom. The number of thioether (sulfide) groups is 2. The summed E-state index contributed by atoms with van der Waals surface area (Å²) >= 11 is 3.08. The molecule has 0 aliphatic heterocycles. The van der Waals surface area contributed by atoms with Crippen molar-refractivity contribution in [3.63, 3.8) is 0 Å². The molecule has 0 aromatic rings. The first kappa shape index (κ1) is 9.65. The molecule has 0 unspecified atom stereocenters. The van der Waals surface area contributed by atoms with Gasteiger partial charge >= 0.3 is 0 Å². The summed E-state index contributed by atoms with van der Waals surface area (Å²) in [6.45, 7) is 0. The highest BCUT2D eigenvalue weighted by Gasteiger charge is 1.99. The largest absolute Gasteiger partial charge is 0.228 e. The summed E-state index contributed by atoms with van der Waals surface area (Å²) in [5.74, 6) is 0. The van der Waals surface area contributed by atoms with Gasteiger partial charge in [-0.2, -0.15) is 11.8 Å². The quantitative estimate of drug-likeness (QED) is 0.485. The molecule has 0 saturated heterocycles. The van der Waals surface area contributed by atoms with Gasteiger partial charge in [0.15, 0.2) is 9.84 Å². The van der Waals surface area contributed by atoms with Crippen molar-refractivity contribution in [2.75, 3.05) is 22.7 Å². The van der Waals surface area contributed by atoms with Crippen molar-refractivity contribution in [3.05, 3.63) is 0 Å². The average molecular weight is 186 g/mol. The molecule has 0 saturated carbocycles. The molecule has 0 bridgehead atoms. The Morgan fingerprint density at radius 2 is 2.00 bits per heavy atom. The van der Waals surface area contributed by atoms with Crippen molar-refractivity contribution >= 4 is 33.4 Å².